The van der Waals surface area contributed by atoms with Gasteiger partial charge >= 0.3 is 0 Å². The average Bonchev–Trinajstić information content (AvgIpc) is 3.62. The normalized spacial score (nSPS) is 11.0. The number of carbonyl (C=O) groups excluding carboxylic acids is 3. The Morgan fingerprint density at radius 3 is 2.20 bits per heavy atom. The number of ether oxygens (including phenoxy) is 1. The summed E-state index contributed by atoms with van der Waals surface area (Å²) < 4.78 is 5.89. The molecule has 0 fully saturated rings. The van der Waals surface area contributed by atoms with E-state index in [4.69, 9.17) is 16.3 Å². The van der Waals surface area contributed by atoms with Crippen LogP contribution in [0.15, 0.2) is 149 Å². The summed E-state index contributed by atoms with van der Waals surface area (Å²) in [6, 6.07) is 40.3. The lowest BCUT2D eigenvalue weighted by molar-refractivity contribution is -0.114. The summed E-state index contributed by atoms with van der Waals surface area (Å²) in [5.41, 5.74) is 4.26. The van der Waals surface area contributed by atoms with Crippen molar-refractivity contribution in [1.29, 1.82) is 0 Å². The topological polar surface area (TPSA) is 109 Å². The van der Waals surface area contributed by atoms with E-state index in [2.05, 4.69) is 20.9 Å². The number of hydrogen-bond acceptors (Lipinski definition) is 7. The molecule has 0 aliphatic carbocycles. The molecule has 3 N–H and O–H groups in total. The summed E-state index contributed by atoms with van der Waals surface area (Å²) in [6.07, 6.45) is 1.61. The fourth-order valence-corrected chi connectivity index (χ4v) is 6.43. The minimum atomic E-state index is -0.497. The van der Waals surface area contributed by atoms with Gasteiger partial charge in [0.25, 0.3) is 11.8 Å². The lowest BCUT2D eigenvalue weighted by Crippen LogP contribution is -2.30. The molecule has 0 saturated carbocycles. The van der Waals surface area contributed by atoms with Gasteiger partial charge in [-0.1, -0.05) is 90.5 Å². The second-order valence-corrected chi connectivity index (χ2v) is 13.4. The van der Waals surface area contributed by atoms with Crippen LogP contribution in [0, 0.1) is 0 Å². The Hall–Kier alpha value is -5.68. The molecule has 0 saturated heterocycles. The summed E-state index contributed by atoms with van der Waals surface area (Å²) in [5, 5.41) is 11.4. The molecule has 1 heterocycles. The number of thioether (sulfide) groups is 1. The van der Waals surface area contributed by atoms with Crippen LogP contribution in [0.2, 0.25) is 5.02 Å². The van der Waals surface area contributed by atoms with Gasteiger partial charge in [-0.2, -0.15) is 0 Å². The van der Waals surface area contributed by atoms with Crippen molar-refractivity contribution in [3.05, 3.63) is 166 Å². The first kappa shape index (κ1) is 35.2. The Morgan fingerprint density at radius 2 is 1.47 bits per heavy atom. The zero-order chi connectivity index (χ0) is 35.4. The van der Waals surface area contributed by atoms with E-state index in [1.807, 2.05) is 96.4 Å². The van der Waals surface area contributed by atoms with Crippen molar-refractivity contribution in [3.63, 3.8) is 0 Å². The van der Waals surface area contributed by atoms with Crippen molar-refractivity contribution in [2.24, 2.45) is 0 Å². The highest BCUT2D eigenvalue weighted by molar-refractivity contribution is 8.00. The highest BCUT2D eigenvalue weighted by atomic mass is 35.5. The van der Waals surface area contributed by atoms with Gasteiger partial charge in [0.1, 0.15) is 18.1 Å². The Labute approximate surface area is 308 Å². The number of amides is 3. The molecular formula is C40H31ClN4O4S2. The summed E-state index contributed by atoms with van der Waals surface area (Å²) in [7, 11) is 0. The van der Waals surface area contributed by atoms with Crippen LogP contribution in [0.4, 0.5) is 10.8 Å². The van der Waals surface area contributed by atoms with Crippen LogP contribution in [0.25, 0.3) is 17.3 Å². The van der Waals surface area contributed by atoms with E-state index in [1.54, 1.807) is 48.5 Å². The first-order valence-electron chi connectivity index (χ1n) is 15.8. The van der Waals surface area contributed by atoms with Crippen LogP contribution in [0.5, 0.6) is 5.75 Å². The summed E-state index contributed by atoms with van der Waals surface area (Å²) in [4.78, 5) is 44.5. The van der Waals surface area contributed by atoms with E-state index < -0.39 is 11.8 Å². The lowest BCUT2D eigenvalue weighted by Gasteiger charge is -2.12. The monoisotopic (exact) mass is 730 g/mol. The maximum atomic E-state index is 13.5. The number of benzene rings is 5. The van der Waals surface area contributed by atoms with Gasteiger partial charge in [0.2, 0.25) is 5.91 Å². The van der Waals surface area contributed by atoms with E-state index in [9.17, 15) is 14.4 Å². The molecule has 254 valence electrons. The number of carbonyl (C=O) groups is 3. The first-order chi connectivity index (χ1) is 24.9. The molecule has 0 aliphatic heterocycles. The number of hydrogen-bond donors (Lipinski definition) is 3. The van der Waals surface area contributed by atoms with Gasteiger partial charge < -0.3 is 20.7 Å². The predicted octanol–water partition coefficient (Wildman–Crippen LogP) is 9.18. The SMILES string of the molecule is O=C(CSc1ccc(NC(=O)/C(=C/c2ccc(OCc3ccccc3)cc2)NC(=O)c2ccccc2)cc1)Nc1nc(-c2ccccc2Cl)cs1. The molecule has 51 heavy (non-hydrogen) atoms. The number of aromatic nitrogens is 1. The maximum absolute atomic E-state index is 13.5. The Bertz CT molecular complexity index is 2140. The fourth-order valence-electron chi connectivity index (χ4n) is 4.77. The smallest absolute Gasteiger partial charge is 0.272 e. The fraction of sp³-hybridized carbons (Fsp3) is 0.0500. The molecule has 11 heteroatoms. The molecule has 8 nitrogen and oxygen atoms in total. The van der Waals surface area contributed by atoms with E-state index in [0.29, 0.717) is 45.0 Å². The van der Waals surface area contributed by atoms with E-state index in [1.165, 1.54) is 23.1 Å². The van der Waals surface area contributed by atoms with Crippen molar-refractivity contribution >= 4 is 69.3 Å². The number of nitrogens with one attached hydrogen (secondary N) is 3. The predicted molar refractivity (Wildman–Crippen MR) is 206 cm³/mol. The summed E-state index contributed by atoms with van der Waals surface area (Å²) >= 11 is 8.96. The standard InChI is InChI=1S/C40H31ClN4O4S2/c41-34-14-8-7-13-33(34)36-25-51-40(44-36)45-37(46)26-50-32-21-17-30(18-22-32)42-39(48)35(43-38(47)29-11-5-2-6-12-29)23-27-15-19-31(20-16-27)49-24-28-9-3-1-4-10-28/h1-23,25H,24,26H2,(H,42,48)(H,43,47)(H,44,45,46)/b35-23-. The van der Waals surface area contributed by atoms with Crippen LogP contribution in [0.1, 0.15) is 21.5 Å². The molecule has 0 bridgehead atoms. The average molecular weight is 731 g/mol. The van der Waals surface area contributed by atoms with Crippen LogP contribution in [0.3, 0.4) is 0 Å². The lowest BCUT2D eigenvalue weighted by atomic mass is 10.1. The van der Waals surface area contributed by atoms with Gasteiger partial charge in [0.05, 0.1) is 11.4 Å². The maximum Gasteiger partial charge on any atom is 0.272 e. The third kappa shape index (κ3) is 10.2. The minimum absolute atomic E-state index is 0.0665. The molecule has 1 aromatic heterocycles. The molecule has 0 atom stereocenters. The molecule has 0 unspecified atom stereocenters. The molecular weight excluding hydrogens is 700 g/mol. The van der Waals surface area contributed by atoms with E-state index in [-0.39, 0.29) is 17.4 Å². The molecule has 0 spiro atoms. The van der Waals surface area contributed by atoms with Crippen molar-refractivity contribution in [2.75, 3.05) is 16.4 Å². The van der Waals surface area contributed by atoms with Crippen molar-refractivity contribution in [2.45, 2.75) is 11.5 Å². The second-order valence-electron chi connectivity index (χ2n) is 11.1. The van der Waals surface area contributed by atoms with Gasteiger partial charge in [0.15, 0.2) is 5.13 Å². The molecule has 6 aromatic rings. The first-order valence-corrected chi connectivity index (χ1v) is 18.0. The number of halogens is 1. The van der Waals surface area contributed by atoms with E-state index >= 15 is 0 Å². The Kier molecular flexibility index (Phi) is 11.9. The number of rotatable bonds is 13. The molecule has 0 radical (unpaired) electrons. The number of thiazole rings is 1. The van der Waals surface area contributed by atoms with E-state index in [0.717, 1.165) is 16.0 Å². The van der Waals surface area contributed by atoms with Crippen molar-refractivity contribution in [1.82, 2.24) is 10.3 Å². The van der Waals surface area contributed by atoms with Crippen LogP contribution in [-0.4, -0.2) is 28.5 Å². The molecule has 6 rings (SSSR count). The Balaban J connectivity index is 1.07. The zero-order valence-electron chi connectivity index (χ0n) is 27.0. The quantitative estimate of drug-likeness (QED) is 0.0808. The van der Waals surface area contributed by atoms with Crippen LogP contribution < -0.4 is 20.7 Å². The van der Waals surface area contributed by atoms with Gasteiger partial charge in [-0.3, -0.25) is 14.4 Å². The minimum Gasteiger partial charge on any atom is -0.489 e. The largest absolute Gasteiger partial charge is 0.489 e. The van der Waals surface area contributed by atoms with Gasteiger partial charge in [-0.05, 0) is 71.8 Å². The zero-order valence-corrected chi connectivity index (χ0v) is 29.4. The summed E-state index contributed by atoms with van der Waals surface area (Å²) in [5.74, 6) is -0.263. The van der Waals surface area contributed by atoms with Gasteiger partial charge in [-0.15, -0.1) is 23.1 Å². The van der Waals surface area contributed by atoms with Gasteiger partial charge in [-0.25, -0.2) is 4.98 Å². The highest BCUT2D eigenvalue weighted by Crippen LogP contribution is 2.30. The van der Waals surface area contributed by atoms with Crippen LogP contribution >= 0.6 is 34.7 Å². The van der Waals surface area contributed by atoms with Crippen molar-refractivity contribution in [3.8, 4) is 17.0 Å². The molecule has 0 aliphatic rings. The highest BCUT2D eigenvalue weighted by Gasteiger charge is 2.16. The summed E-state index contributed by atoms with van der Waals surface area (Å²) in [6.45, 7) is 0.431. The van der Waals surface area contributed by atoms with Crippen LogP contribution in [-0.2, 0) is 16.2 Å². The number of nitrogens with zero attached hydrogens (tertiary/aromatic N) is 1. The third-order valence-corrected chi connectivity index (χ3v) is 9.45. The molecule has 3 amide bonds. The number of anilines is 2. The Morgan fingerprint density at radius 1 is 0.784 bits per heavy atom. The van der Waals surface area contributed by atoms with Crippen molar-refractivity contribution < 1.29 is 19.1 Å². The van der Waals surface area contributed by atoms with Gasteiger partial charge in [0, 0.05) is 32.1 Å². The second kappa shape index (κ2) is 17.3. The third-order valence-electron chi connectivity index (χ3n) is 7.35. The molecule has 5 aromatic carbocycles.